The first-order valence-corrected chi connectivity index (χ1v) is 19.6. The van der Waals surface area contributed by atoms with Gasteiger partial charge >= 0.3 is 5.97 Å². The van der Waals surface area contributed by atoms with Crippen LogP contribution in [0.5, 0.6) is 0 Å². The third-order valence-corrected chi connectivity index (χ3v) is 8.94. The van der Waals surface area contributed by atoms with Crippen molar-refractivity contribution in [3.63, 3.8) is 0 Å². The first kappa shape index (κ1) is 50.2. The Kier molecular flexibility index (Phi) is 21.6. The molecule has 0 aromatic heterocycles. The predicted octanol–water partition coefficient (Wildman–Crippen LogP) is 8.00. The van der Waals surface area contributed by atoms with Crippen LogP contribution in [-0.2, 0) is 24.0 Å². The molecule has 3 N–H and O–H groups in total. The highest BCUT2D eigenvalue weighted by molar-refractivity contribution is 6.10. The topological polar surface area (TPSA) is 187 Å². The molecule has 1 aliphatic heterocycles. The second-order valence-electron chi connectivity index (χ2n) is 13.9. The summed E-state index contributed by atoms with van der Waals surface area (Å²) >= 11 is 0. The lowest BCUT2D eigenvalue weighted by molar-refractivity contribution is -0.172. The zero-order valence-electron chi connectivity index (χ0n) is 34.1. The van der Waals surface area contributed by atoms with Crippen molar-refractivity contribution in [3.05, 3.63) is 167 Å². The minimum atomic E-state index is -0.822. The van der Waals surface area contributed by atoms with Crippen LogP contribution in [0.4, 0.5) is 0 Å². The van der Waals surface area contributed by atoms with E-state index in [9.17, 15) is 38.4 Å². The van der Waals surface area contributed by atoms with E-state index in [0.717, 1.165) is 25.7 Å². The maximum atomic E-state index is 12.4. The third kappa shape index (κ3) is 16.7. The molecule has 4 aromatic carbocycles. The summed E-state index contributed by atoms with van der Waals surface area (Å²) < 4.78 is 0. The second kappa shape index (κ2) is 26.2. The van der Waals surface area contributed by atoms with Gasteiger partial charge in [-0.05, 0) is 57.4 Å². The molecular weight excluding hydrogens is 775 g/mol. The van der Waals surface area contributed by atoms with Gasteiger partial charge in [-0.3, -0.25) is 33.6 Å². The molecule has 12 heteroatoms. The normalized spacial score (nSPS) is 11.4. The van der Waals surface area contributed by atoms with E-state index >= 15 is 0 Å². The minimum Gasteiger partial charge on any atom is -0.352 e. The molecule has 0 atom stereocenters. The molecule has 1 aliphatic rings. The van der Waals surface area contributed by atoms with E-state index < -0.39 is 17.8 Å². The Morgan fingerprint density at radius 1 is 0.590 bits per heavy atom. The number of hydrogen-bond donors (Lipinski definition) is 2. The molecule has 320 valence electrons. The number of Topliss-reactive ketones (excluding diaryl/α,β-unsaturated/α-hetero) is 2. The number of ketones is 4. The van der Waals surface area contributed by atoms with E-state index in [1.807, 2.05) is 24.3 Å². The van der Waals surface area contributed by atoms with Crippen LogP contribution in [0.15, 0.2) is 133 Å². The fraction of sp³-hybridized carbons (Fsp3) is 0.265. The number of hydrogen-bond acceptors (Lipinski definition) is 10. The van der Waals surface area contributed by atoms with Crippen LogP contribution < -0.4 is 11.1 Å². The molecule has 0 saturated carbocycles. The highest BCUT2D eigenvalue weighted by atomic mass is 16.7. The summed E-state index contributed by atoms with van der Waals surface area (Å²) in [6.45, 7) is 11.8. The van der Waals surface area contributed by atoms with Gasteiger partial charge in [-0.1, -0.05) is 124 Å². The van der Waals surface area contributed by atoms with Crippen LogP contribution >= 0.6 is 0 Å². The van der Waals surface area contributed by atoms with Gasteiger partial charge in [-0.15, -0.1) is 5.06 Å². The number of allylic oxidation sites excluding steroid dienone is 1. The van der Waals surface area contributed by atoms with Crippen molar-refractivity contribution in [2.24, 2.45) is 5.73 Å². The molecule has 0 radical (unpaired) electrons. The van der Waals surface area contributed by atoms with Crippen LogP contribution in [0.1, 0.15) is 125 Å². The molecule has 0 unspecified atom stereocenters. The molecule has 4 aromatic rings. The van der Waals surface area contributed by atoms with Gasteiger partial charge in [0.05, 0.1) is 5.56 Å². The van der Waals surface area contributed by atoms with Crippen molar-refractivity contribution >= 4 is 46.8 Å². The molecule has 61 heavy (non-hydrogen) atoms. The summed E-state index contributed by atoms with van der Waals surface area (Å²) in [5.74, 6) is -2.05. The number of benzene rings is 4. The number of unbranched alkanes of at least 4 members (excludes halogenated alkanes) is 2. The zero-order chi connectivity index (χ0) is 44.0. The highest BCUT2D eigenvalue weighted by Crippen LogP contribution is 2.17. The van der Waals surface area contributed by atoms with Gasteiger partial charge in [-0.25, -0.2) is 4.79 Å². The molecule has 12 nitrogen and oxygen atoms in total. The maximum absolute atomic E-state index is 12.4. The summed E-state index contributed by atoms with van der Waals surface area (Å²) in [5, 5.41) is 3.16. The lowest BCUT2D eigenvalue weighted by Gasteiger charge is -2.12. The van der Waals surface area contributed by atoms with E-state index in [0.29, 0.717) is 70.0 Å². The monoisotopic (exact) mass is 829 g/mol. The largest absolute Gasteiger partial charge is 0.363 e. The Balaban J connectivity index is 0.000000341. The number of nitrogens with two attached hydrogens (primary N) is 1. The van der Waals surface area contributed by atoms with Gasteiger partial charge < -0.3 is 15.9 Å². The van der Waals surface area contributed by atoms with Crippen molar-refractivity contribution in [2.45, 2.75) is 72.6 Å². The Morgan fingerprint density at radius 3 is 1.46 bits per heavy atom. The zero-order valence-corrected chi connectivity index (χ0v) is 34.1. The Labute approximate surface area is 357 Å². The van der Waals surface area contributed by atoms with Crippen molar-refractivity contribution < 1.29 is 43.2 Å². The number of carbonyl (C=O) groups is 8. The quantitative estimate of drug-likeness (QED) is 0.0431. The number of carbonyl (C=O) groups excluding carboxylic acids is 8. The second-order valence-corrected chi connectivity index (χ2v) is 13.9. The van der Waals surface area contributed by atoms with Crippen molar-refractivity contribution in [2.75, 3.05) is 13.1 Å². The third-order valence-electron chi connectivity index (χ3n) is 8.94. The molecule has 3 amide bonds. The molecule has 1 heterocycles. The number of rotatable bonds is 18. The fourth-order valence-electron chi connectivity index (χ4n) is 5.43. The lowest BCUT2D eigenvalue weighted by Crippen LogP contribution is -2.32. The lowest BCUT2D eigenvalue weighted by atomic mass is 9.99. The van der Waals surface area contributed by atoms with E-state index in [1.54, 1.807) is 74.5 Å². The molecule has 0 bridgehead atoms. The molecule has 0 spiro atoms. The van der Waals surface area contributed by atoms with E-state index in [2.05, 4.69) is 18.5 Å². The Bertz CT molecular complexity index is 2150. The average molecular weight is 830 g/mol. The minimum absolute atomic E-state index is 0. The molecule has 1 saturated heterocycles. The maximum Gasteiger partial charge on any atom is 0.363 e. The highest BCUT2D eigenvalue weighted by Gasteiger charge is 2.33. The summed E-state index contributed by atoms with van der Waals surface area (Å²) in [4.78, 5) is 98.8. The van der Waals surface area contributed by atoms with Gasteiger partial charge in [-0.2, -0.15) is 0 Å². The number of amides is 3. The van der Waals surface area contributed by atoms with Gasteiger partial charge in [0.1, 0.15) is 0 Å². The molecule has 1 fully saturated rings. The SMILES string of the molecule is C.C=C(C)C(=O)CCCCCC(=O)c1ccc(C(=O)c2ccccc2)cc1.C=C(C)C(=O)NCCCN.O=C(ON1C(=O)CCC1=O)c1ccc(C(=O)c2ccccc2)cc1. The predicted molar refractivity (Wildman–Crippen MR) is 235 cm³/mol. The number of nitrogens with one attached hydrogen (secondary N) is 1. The molecule has 5 rings (SSSR count). The van der Waals surface area contributed by atoms with Crippen molar-refractivity contribution in [1.29, 1.82) is 0 Å². The number of imide groups is 1. The fourth-order valence-corrected chi connectivity index (χ4v) is 5.43. The average Bonchev–Trinajstić information content (AvgIpc) is 3.58. The summed E-state index contributed by atoms with van der Waals surface area (Å²) in [7, 11) is 0. The first-order chi connectivity index (χ1) is 28.7. The summed E-state index contributed by atoms with van der Waals surface area (Å²) in [5.41, 5.74) is 9.28. The Morgan fingerprint density at radius 2 is 1.02 bits per heavy atom. The first-order valence-electron chi connectivity index (χ1n) is 19.6. The van der Waals surface area contributed by atoms with Gasteiger partial charge in [0.15, 0.2) is 23.1 Å². The number of hydroxylamine groups is 2. The van der Waals surface area contributed by atoms with Crippen LogP contribution in [0.3, 0.4) is 0 Å². The van der Waals surface area contributed by atoms with Crippen LogP contribution in [0, 0.1) is 0 Å². The molecule has 0 aliphatic carbocycles. The Hall–Kier alpha value is -6.92. The van der Waals surface area contributed by atoms with Crippen molar-refractivity contribution in [3.8, 4) is 0 Å². The number of nitrogens with zero attached hydrogens (tertiary/aromatic N) is 1. The smallest absolute Gasteiger partial charge is 0.352 e. The van der Waals surface area contributed by atoms with E-state index in [4.69, 9.17) is 10.6 Å². The van der Waals surface area contributed by atoms with Gasteiger partial charge in [0, 0.05) is 65.6 Å². The van der Waals surface area contributed by atoms with Crippen molar-refractivity contribution in [1.82, 2.24) is 10.4 Å². The standard InChI is InChI=1S/C23H24O3.C18H13NO5.C7H14N2O.CH4/c1-17(2)21(24)11-7-4-8-12-22(25)18-13-15-20(16-14-18)23(26)19-9-5-3-6-10-19;20-15-10-11-16(21)19(15)24-18(23)14-8-6-13(7-9-14)17(22)12-4-2-1-3-5-12;1-6(2)7(10)9-5-3-4-8;/h3,5-6,9-10,13-16H,1,4,7-8,11-12H2,2H3;1-9H,10-11H2;1,3-5,8H2,2H3,(H,9,10);1H4. The van der Waals surface area contributed by atoms with E-state index in [1.165, 1.54) is 24.3 Å². The van der Waals surface area contributed by atoms with Gasteiger partial charge in [0.2, 0.25) is 5.91 Å². The molecular formula is C49H55N3O9. The van der Waals surface area contributed by atoms with E-state index in [-0.39, 0.29) is 54.9 Å². The summed E-state index contributed by atoms with van der Waals surface area (Å²) in [6, 6.07) is 30.5. The van der Waals surface area contributed by atoms with Crippen LogP contribution in [0.25, 0.3) is 0 Å². The van der Waals surface area contributed by atoms with Gasteiger partial charge in [0.25, 0.3) is 11.8 Å². The van der Waals surface area contributed by atoms with Crippen LogP contribution in [0.2, 0.25) is 0 Å². The van der Waals surface area contributed by atoms with Crippen LogP contribution in [-0.4, -0.2) is 65.0 Å². The summed E-state index contributed by atoms with van der Waals surface area (Å²) in [6.07, 6.45) is 4.23.